The van der Waals surface area contributed by atoms with Crippen molar-refractivity contribution >= 4 is 15.7 Å². The second kappa shape index (κ2) is 5.07. The normalized spacial score (nSPS) is 14.7. The zero-order valence-corrected chi connectivity index (χ0v) is 12.8. The van der Waals surface area contributed by atoms with Crippen LogP contribution in [0.15, 0.2) is 35.7 Å². The van der Waals surface area contributed by atoms with Gasteiger partial charge in [-0.1, -0.05) is 6.07 Å². The SMILES string of the molecule is CCn1cncc1S(=O)(=O)N1CCOc2cc(C)ccc21. The standard InChI is InChI=1S/C14H17N3O3S/c1-3-16-10-15-9-14(16)21(18,19)17-6-7-20-13-8-11(2)4-5-12(13)17/h4-5,8-10H,3,6-7H2,1-2H3. The fraction of sp³-hybridized carbons (Fsp3) is 0.357. The first-order valence-corrected chi connectivity index (χ1v) is 8.24. The topological polar surface area (TPSA) is 64.4 Å². The molecule has 0 amide bonds. The molecule has 0 unspecified atom stereocenters. The number of hydrogen-bond acceptors (Lipinski definition) is 4. The van der Waals surface area contributed by atoms with Gasteiger partial charge in [-0.15, -0.1) is 0 Å². The Kier molecular flexibility index (Phi) is 3.36. The van der Waals surface area contributed by atoms with E-state index in [1.807, 2.05) is 26.0 Å². The highest BCUT2D eigenvalue weighted by atomic mass is 32.2. The van der Waals surface area contributed by atoms with Crippen LogP contribution >= 0.6 is 0 Å². The van der Waals surface area contributed by atoms with Crippen molar-refractivity contribution in [1.82, 2.24) is 9.55 Å². The van der Waals surface area contributed by atoms with E-state index in [2.05, 4.69) is 4.98 Å². The van der Waals surface area contributed by atoms with Crippen LogP contribution in [-0.4, -0.2) is 31.1 Å². The summed E-state index contributed by atoms with van der Waals surface area (Å²) in [6.45, 7) is 5.03. The molecule has 0 saturated carbocycles. The summed E-state index contributed by atoms with van der Waals surface area (Å²) < 4.78 is 34.4. The third kappa shape index (κ3) is 2.27. The minimum atomic E-state index is -3.63. The maximum absolute atomic E-state index is 12.9. The zero-order valence-electron chi connectivity index (χ0n) is 12.0. The van der Waals surface area contributed by atoms with Gasteiger partial charge in [0.25, 0.3) is 10.0 Å². The van der Waals surface area contributed by atoms with Gasteiger partial charge < -0.3 is 9.30 Å². The molecule has 3 rings (SSSR count). The van der Waals surface area contributed by atoms with E-state index in [-0.39, 0.29) is 5.03 Å². The highest BCUT2D eigenvalue weighted by Gasteiger charge is 2.32. The van der Waals surface area contributed by atoms with Gasteiger partial charge in [-0.2, -0.15) is 8.42 Å². The molecule has 0 spiro atoms. The van der Waals surface area contributed by atoms with Gasteiger partial charge in [-0.3, -0.25) is 4.31 Å². The first-order chi connectivity index (χ1) is 10.0. The summed E-state index contributed by atoms with van der Waals surface area (Å²) in [7, 11) is -3.63. The van der Waals surface area contributed by atoms with E-state index in [1.54, 1.807) is 10.6 Å². The molecule has 2 aromatic rings. The molecule has 0 fully saturated rings. The highest BCUT2D eigenvalue weighted by Crippen LogP contribution is 2.35. The summed E-state index contributed by atoms with van der Waals surface area (Å²) >= 11 is 0. The van der Waals surface area contributed by atoms with Crippen molar-refractivity contribution < 1.29 is 13.2 Å². The smallest absolute Gasteiger partial charge is 0.281 e. The van der Waals surface area contributed by atoms with Gasteiger partial charge in [0, 0.05) is 6.54 Å². The fourth-order valence-electron chi connectivity index (χ4n) is 2.43. The van der Waals surface area contributed by atoms with E-state index in [1.165, 1.54) is 16.8 Å². The molecule has 0 saturated heterocycles. The molecule has 1 aliphatic rings. The molecule has 1 aromatic carbocycles. The zero-order chi connectivity index (χ0) is 15.0. The number of ether oxygens (including phenoxy) is 1. The number of nitrogens with zero attached hydrogens (tertiary/aromatic N) is 3. The third-order valence-electron chi connectivity index (χ3n) is 3.51. The average Bonchev–Trinajstić information content (AvgIpc) is 2.95. The van der Waals surface area contributed by atoms with E-state index in [0.717, 1.165) is 5.56 Å². The molecule has 0 atom stereocenters. The lowest BCUT2D eigenvalue weighted by Gasteiger charge is -2.30. The lowest BCUT2D eigenvalue weighted by atomic mass is 10.2. The lowest BCUT2D eigenvalue weighted by Crippen LogP contribution is -2.38. The van der Waals surface area contributed by atoms with Crippen molar-refractivity contribution in [2.75, 3.05) is 17.5 Å². The molecule has 0 aliphatic carbocycles. The Bertz CT molecular complexity index is 768. The number of sulfonamides is 1. The van der Waals surface area contributed by atoms with E-state index >= 15 is 0 Å². The van der Waals surface area contributed by atoms with E-state index in [9.17, 15) is 8.42 Å². The largest absolute Gasteiger partial charge is 0.489 e. The van der Waals surface area contributed by atoms with Crippen molar-refractivity contribution in [3.8, 4) is 5.75 Å². The van der Waals surface area contributed by atoms with Crippen LogP contribution in [-0.2, 0) is 16.6 Å². The molecular weight excluding hydrogens is 290 g/mol. The van der Waals surface area contributed by atoms with Crippen LogP contribution in [0.1, 0.15) is 12.5 Å². The molecule has 0 N–H and O–H groups in total. The fourth-order valence-corrected chi connectivity index (χ4v) is 4.04. The van der Waals surface area contributed by atoms with Crippen LogP contribution in [0, 0.1) is 6.92 Å². The average molecular weight is 307 g/mol. The van der Waals surface area contributed by atoms with Gasteiger partial charge in [0.05, 0.1) is 24.8 Å². The predicted molar refractivity (Wildman–Crippen MR) is 79.1 cm³/mol. The highest BCUT2D eigenvalue weighted by molar-refractivity contribution is 7.92. The molecule has 7 heteroatoms. The van der Waals surface area contributed by atoms with Crippen molar-refractivity contribution in [3.63, 3.8) is 0 Å². The Morgan fingerprint density at radius 2 is 2.19 bits per heavy atom. The molecule has 112 valence electrons. The van der Waals surface area contributed by atoms with Crippen LogP contribution in [0.25, 0.3) is 0 Å². The van der Waals surface area contributed by atoms with Crippen LogP contribution in [0.2, 0.25) is 0 Å². The number of aryl methyl sites for hydroxylation is 2. The van der Waals surface area contributed by atoms with Crippen LogP contribution < -0.4 is 9.04 Å². The molecule has 2 heterocycles. The van der Waals surface area contributed by atoms with Gasteiger partial charge in [0.15, 0.2) is 5.03 Å². The summed E-state index contributed by atoms with van der Waals surface area (Å²) in [5.41, 5.74) is 1.61. The third-order valence-corrected chi connectivity index (χ3v) is 5.33. The summed E-state index contributed by atoms with van der Waals surface area (Å²) in [5.74, 6) is 0.604. The molecule has 0 bridgehead atoms. The number of aromatic nitrogens is 2. The van der Waals surface area contributed by atoms with E-state index < -0.39 is 10.0 Å². The van der Waals surface area contributed by atoms with Crippen molar-refractivity contribution in [2.45, 2.75) is 25.4 Å². The van der Waals surface area contributed by atoms with Gasteiger partial charge in [0.2, 0.25) is 0 Å². The molecule has 0 radical (unpaired) electrons. The Labute approximate surface area is 124 Å². The maximum atomic E-state index is 12.9. The molecular formula is C14H17N3O3S. The monoisotopic (exact) mass is 307 g/mol. The maximum Gasteiger partial charge on any atom is 0.281 e. The second-order valence-electron chi connectivity index (χ2n) is 4.91. The minimum Gasteiger partial charge on any atom is -0.489 e. The number of hydrogen-bond donors (Lipinski definition) is 0. The van der Waals surface area contributed by atoms with Gasteiger partial charge in [-0.25, -0.2) is 4.98 Å². The predicted octanol–water partition coefficient (Wildman–Crippen LogP) is 1.80. The minimum absolute atomic E-state index is 0.207. The Balaban J connectivity index is 2.10. The van der Waals surface area contributed by atoms with Crippen molar-refractivity contribution in [3.05, 3.63) is 36.3 Å². The Morgan fingerprint density at radius 1 is 1.38 bits per heavy atom. The van der Waals surface area contributed by atoms with E-state index in [0.29, 0.717) is 31.1 Å². The van der Waals surface area contributed by atoms with Crippen LogP contribution in [0.4, 0.5) is 5.69 Å². The summed E-state index contributed by atoms with van der Waals surface area (Å²) in [6.07, 6.45) is 2.92. The number of rotatable bonds is 3. The van der Waals surface area contributed by atoms with Crippen LogP contribution in [0.5, 0.6) is 5.75 Å². The van der Waals surface area contributed by atoms with Crippen molar-refractivity contribution in [2.24, 2.45) is 0 Å². The number of fused-ring (bicyclic) bond motifs is 1. The molecule has 21 heavy (non-hydrogen) atoms. The van der Waals surface area contributed by atoms with Gasteiger partial charge >= 0.3 is 0 Å². The summed E-state index contributed by atoms with van der Waals surface area (Å²) in [4.78, 5) is 3.95. The number of anilines is 1. The first-order valence-electron chi connectivity index (χ1n) is 6.80. The Morgan fingerprint density at radius 3 is 2.95 bits per heavy atom. The van der Waals surface area contributed by atoms with Crippen LogP contribution in [0.3, 0.4) is 0 Å². The lowest BCUT2D eigenvalue weighted by molar-refractivity contribution is 0.315. The molecule has 6 nitrogen and oxygen atoms in total. The number of imidazole rings is 1. The van der Waals surface area contributed by atoms with Crippen molar-refractivity contribution in [1.29, 1.82) is 0 Å². The quantitative estimate of drug-likeness (QED) is 0.867. The molecule has 1 aromatic heterocycles. The Hall–Kier alpha value is -2.02. The van der Waals surface area contributed by atoms with Gasteiger partial charge in [0.1, 0.15) is 12.4 Å². The first kappa shape index (κ1) is 13.9. The number of benzene rings is 1. The summed E-state index contributed by atoms with van der Waals surface area (Å²) in [6, 6.07) is 5.52. The van der Waals surface area contributed by atoms with E-state index in [4.69, 9.17) is 4.74 Å². The second-order valence-corrected chi connectivity index (χ2v) is 6.72. The van der Waals surface area contributed by atoms with Gasteiger partial charge in [-0.05, 0) is 31.5 Å². The molecule has 1 aliphatic heterocycles. The summed E-state index contributed by atoms with van der Waals surface area (Å²) in [5, 5.41) is 0.207.